The van der Waals surface area contributed by atoms with Crippen LogP contribution in [-0.4, -0.2) is 11.7 Å². The molecule has 0 radical (unpaired) electrons. The summed E-state index contributed by atoms with van der Waals surface area (Å²) in [5.41, 5.74) is 9.13. The van der Waals surface area contributed by atoms with E-state index >= 15 is 0 Å². The summed E-state index contributed by atoms with van der Waals surface area (Å²) < 4.78 is 0. The standard InChI is InChI=1S/C12H15NO/c1-8(7-13)9-5-6-11-10(9)3-2-4-12(11)14/h2-5,8,14H,6-7,13H2,1H3. The van der Waals surface area contributed by atoms with E-state index in [0.717, 1.165) is 12.0 Å². The second-order valence-electron chi connectivity index (χ2n) is 3.80. The Balaban J connectivity index is 2.42. The highest BCUT2D eigenvalue weighted by molar-refractivity contribution is 5.76. The fraction of sp³-hybridized carbons (Fsp3) is 0.333. The summed E-state index contributed by atoms with van der Waals surface area (Å²) in [5.74, 6) is 0.774. The van der Waals surface area contributed by atoms with Crippen molar-refractivity contribution in [1.82, 2.24) is 0 Å². The molecule has 1 aliphatic rings. The predicted molar refractivity (Wildman–Crippen MR) is 58.0 cm³/mol. The minimum absolute atomic E-state index is 0.373. The van der Waals surface area contributed by atoms with Crippen molar-refractivity contribution in [2.75, 3.05) is 6.54 Å². The van der Waals surface area contributed by atoms with Crippen LogP contribution in [0.5, 0.6) is 5.75 Å². The lowest BCUT2D eigenvalue weighted by molar-refractivity contribution is 0.470. The number of hydrogen-bond acceptors (Lipinski definition) is 2. The third-order valence-corrected chi connectivity index (χ3v) is 2.87. The quantitative estimate of drug-likeness (QED) is 0.746. The van der Waals surface area contributed by atoms with E-state index in [1.54, 1.807) is 6.07 Å². The van der Waals surface area contributed by atoms with E-state index in [4.69, 9.17) is 5.73 Å². The molecule has 74 valence electrons. The number of phenols is 1. The van der Waals surface area contributed by atoms with E-state index in [-0.39, 0.29) is 0 Å². The molecule has 0 amide bonds. The van der Waals surface area contributed by atoms with E-state index in [0.29, 0.717) is 18.2 Å². The molecule has 1 aliphatic carbocycles. The highest BCUT2D eigenvalue weighted by atomic mass is 16.3. The number of aromatic hydroxyl groups is 1. The van der Waals surface area contributed by atoms with Crippen LogP contribution in [0.2, 0.25) is 0 Å². The Morgan fingerprint density at radius 1 is 1.50 bits per heavy atom. The number of nitrogens with two attached hydrogens (primary N) is 1. The molecular weight excluding hydrogens is 174 g/mol. The van der Waals surface area contributed by atoms with E-state index < -0.39 is 0 Å². The van der Waals surface area contributed by atoms with Crippen molar-refractivity contribution in [2.24, 2.45) is 11.7 Å². The van der Waals surface area contributed by atoms with Gasteiger partial charge in [0.1, 0.15) is 5.75 Å². The molecule has 0 spiro atoms. The molecule has 1 aromatic rings. The largest absolute Gasteiger partial charge is 0.508 e. The molecule has 1 aromatic carbocycles. The first-order valence-corrected chi connectivity index (χ1v) is 4.95. The summed E-state index contributed by atoms with van der Waals surface area (Å²) in [6.45, 7) is 2.77. The van der Waals surface area contributed by atoms with Crippen LogP contribution >= 0.6 is 0 Å². The van der Waals surface area contributed by atoms with Gasteiger partial charge in [-0.2, -0.15) is 0 Å². The average molecular weight is 189 g/mol. The van der Waals surface area contributed by atoms with Crippen LogP contribution in [0.4, 0.5) is 0 Å². The summed E-state index contributed by atoms with van der Waals surface area (Å²) >= 11 is 0. The molecule has 0 saturated carbocycles. The molecule has 0 saturated heterocycles. The minimum atomic E-state index is 0.373. The Morgan fingerprint density at radius 2 is 2.29 bits per heavy atom. The van der Waals surface area contributed by atoms with Crippen molar-refractivity contribution in [2.45, 2.75) is 13.3 Å². The van der Waals surface area contributed by atoms with Crippen molar-refractivity contribution < 1.29 is 5.11 Å². The van der Waals surface area contributed by atoms with Crippen molar-refractivity contribution in [3.8, 4) is 5.75 Å². The second kappa shape index (κ2) is 3.46. The Labute approximate surface area is 84.1 Å². The zero-order chi connectivity index (χ0) is 10.1. The van der Waals surface area contributed by atoms with Gasteiger partial charge in [0.2, 0.25) is 0 Å². The van der Waals surface area contributed by atoms with Gasteiger partial charge in [-0.25, -0.2) is 0 Å². The first kappa shape index (κ1) is 9.28. The molecule has 0 aromatic heterocycles. The molecule has 1 unspecified atom stereocenters. The Morgan fingerprint density at radius 3 is 3.00 bits per heavy atom. The lowest BCUT2D eigenvalue weighted by Gasteiger charge is -2.12. The van der Waals surface area contributed by atoms with Gasteiger partial charge in [-0.05, 0) is 36.1 Å². The second-order valence-corrected chi connectivity index (χ2v) is 3.80. The first-order chi connectivity index (χ1) is 6.74. The normalized spacial score (nSPS) is 16.3. The minimum Gasteiger partial charge on any atom is -0.508 e. The number of hydrogen-bond donors (Lipinski definition) is 2. The molecule has 3 N–H and O–H groups in total. The van der Waals surface area contributed by atoms with E-state index in [1.807, 2.05) is 6.07 Å². The lowest BCUT2D eigenvalue weighted by Crippen LogP contribution is -2.11. The van der Waals surface area contributed by atoms with Crippen LogP contribution in [-0.2, 0) is 6.42 Å². The topological polar surface area (TPSA) is 46.2 Å². The highest BCUT2D eigenvalue weighted by Gasteiger charge is 2.19. The van der Waals surface area contributed by atoms with Gasteiger partial charge in [-0.15, -0.1) is 0 Å². The van der Waals surface area contributed by atoms with Gasteiger partial charge in [0, 0.05) is 5.56 Å². The van der Waals surface area contributed by atoms with Crippen molar-refractivity contribution in [1.29, 1.82) is 0 Å². The van der Waals surface area contributed by atoms with Crippen LogP contribution in [0, 0.1) is 5.92 Å². The summed E-state index contributed by atoms with van der Waals surface area (Å²) in [7, 11) is 0. The number of fused-ring (bicyclic) bond motifs is 1. The van der Waals surface area contributed by atoms with Crippen LogP contribution in [0.3, 0.4) is 0 Å². The summed E-state index contributed by atoms with van der Waals surface area (Å²) in [5, 5.41) is 9.64. The van der Waals surface area contributed by atoms with Crippen LogP contribution in [0.1, 0.15) is 18.1 Å². The van der Waals surface area contributed by atoms with Gasteiger partial charge in [0.05, 0.1) is 0 Å². The van der Waals surface area contributed by atoms with Crippen LogP contribution in [0.25, 0.3) is 5.57 Å². The van der Waals surface area contributed by atoms with Gasteiger partial charge in [-0.3, -0.25) is 0 Å². The molecule has 0 bridgehead atoms. The van der Waals surface area contributed by atoms with Gasteiger partial charge < -0.3 is 10.8 Å². The molecule has 2 rings (SSSR count). The Hall–Kier alpha value is -1.28. The third-order valence-electron chi connectivity index (χ3n) is 2.87. The fourth-order valence-electron chi connectivity index (χ4n) is 1.98. The fourth-order valence-corrected chi connectivity index (χ4v) is 1.98. The van der Waals surface area contributed by atoms with Gasteiger partial charge in [0.15, 0.2) is 0 Å². The lowest BCUT2D eigenvalue weighted by atomic mass is 9.95. The van der Waals surface area contributed by atoms with Crippen molar-refractivity contribution in [3.05, 3.63) is 35.4 Å². The number of rotatable bonds is 2. The van der Waals surface area contributed by atoms with Gasteiger partial charge in [-0.1, -0.05) is 25.1 Å². The number of allylic oxidation sites excluding steroid dienone is 1. The number of phenolic OH excluding ortho intramolecular Hbond substituents is 1. The summed E-state index contributed by atoms with van der Waals surface area (Å²) in [6, 6.07) is 5.68. The maximum Gasteiger partial charge on any atom is 0.119 e. The molecule has 1 atom stereocenters. The number of benzene rings is 1. The van der Waals surface area contributed by atoms with Crippen molar-refractivity contribution in [3.63, 3.8) is 0 Å². The van der Waals surface area contributed by atoms with E-state index in [1.165, 1.54) is 11.1 Å². The molecule has 0 heterocycles. The van der Waals surface area contributed by atoms with Gasteiger partial charge in [0.25, 0.3) is 0 Å². The SMILES string of the molecule is CC(CN)C1=CCc2c(O)cccc21. The molecule has 0 aliphatic heterocycles. The maximum atomic E-state index is 9.64. The molecule has 0 fully saturated rings. The van der Waals surface area contributed by atoms with E-state index in [9.17, 15) is 5.11 Å². The Kier molecular flexibility index (Phi) is 2.30. The molecule has 2 nitrogen and oxygen atoms in total. The molecular formula is C12H15NO. The highest BCUT2D eigenvalue weighted by Crippen LogP contribution is 2.36. The molecule has 2 heteroatoms. The Bertz CT molecular complexity index is 382. The van der Waals surface area contributed by atoms with Crippen LogP contribution in [0.15, 0.2) is 24.3 Å². The zero-order valence-electron chi connectivity index (χ0n) is 8.33. The smallest absolute Gasteiger partial charge is 0.119 e. The average Bonchev–Trinajstić information content (AvgIpc) is 2.62. The maximum absolute atomic E-state index is 9.64. The monoisotopic (exact) mass is 189 g/mol. The third kappa shape index (κ3) is 1.32. The molecule has 14 heavy (non-hydrogen) atoms. The summed E-state index contributed by atoms with van der Waals surface area (Å²) in [4.78, 5) is 0. The van der Waals surface area contributed by atoms with Gasteiger partial charge >= 0.3 is 0 Å². The predicted octanol–water partition coefficient (Wildman–Crippen LogP) is 1.93. The van der Waals surface area contributed by atoms with Crippen LogP contribution < -0.4 is 5.73 Å². The van der Waals surface area contributed by atoms with E-state index in [2.05, 4.69) is 19.1 Å². The first-order valence-electron chi connectivity index (χ1n) is 4.95. The summed E-state index contributed by atoms with van der Waals surface area (Å²) in [6.07, 6.45) is 3.00. The zero-order valence-corrected chi connectivity index (χ0v) is 8.33. The van der Waals surface area contributed by atoms with Crippen molar-refractivity contribution >= 4 is 5.57 Å².